The molecule has 0 aromatic heterocycles. The molecule has 0 spiro atoms. The van der Waals surface area contributed by atoms with E-state index >= 15 is 0 Å². The number of phosphoric ester groups is 1. The minimum atomic E-state index is -3.92. The third kappa shape index (κ3) is 8.60. The van der Waals surface area contributed by atoms with E-state index in [9.17, 15) is 9.36 Å². The van der Waals surface area contributed by atoms with Crippen molar-refractivity contribution < 1.29 is 22.9 Å². The molecule has 0 aliphatic rings. The van der Waals surface area contributed by atoms with Crippen LogP contribution in [-0.4, -0.2) is 12.4 Å². The normalized spacial score (nSPS) is 11.4. The molecule has 0 aliphatic heterocycles. The van der Waals surface area contributed by atoms with Crippen molar-refractivity contribution in [2.45, 2.75) is 32.5 Å². The van der Waals surface area contributed by atoms with Crippen LogP contribution in [0.2, 0.25) is 0 Å². The highest BCUT2D eigenvalue weighted by molar-refractivity contribution is 7.48. The van der Waals surface area contributed by atoms with Gasteiger partial charge < -0.3 is 0 Å². The molecule has 0 saturated heterocycles. The van der Waals surface area contributed by atoms with Gasteiger partial charge in [-0.1, -0.05) is 91.0 Å². The summed E-state index contributed by atoms with van der Waals surface area (Å²) in [6, 6.07) is 28.7. The summed E-state index contributed by atoms with van der Waals surface area (Å²) in [4.78, 5) is 12.3. The number of carbonyl (C=O) groups is 1. The number of benzene rings is 3. The van der Waals surface area contributed by atoms with Gasteiger partial charge in [0.1, 0.15) is 6.61 Å². The SMILES string of the molecule is O=C(CCCc1ccccc1)COP(=O)(OCc1ccccc1)OCc1ccccc1. The van der Waals surface area contributed by atoms with E-state index in [2.05, 4.69) is 0 Å². The molecule has 3 rings (SSSR count). The Hall–Kier alpha value is -2.56. The van der Waals surface area contributed by atoms with Gasteiger partial charge >= 0.3 is 7.82 Å². The molecule has 3 aromatic rings. The summed E-state index contributed by atoms with van der Waals surface area (Å²) in [7, 11) is -3.92. The van der Waals surface area contributed by atoms with E-state index in [1.165, 1.54) is 5.56 Å². The molecule has 0 amide bonds. The minimum Gasteiger partial charge on any atom is -0.297 e. The topological polar surface area (TPSA) is 61.8 Å². The molecule has 5 nitrogen and oxygen atoms in total. The molecule has 0 saturated carbocycles. The third-order valence-corrected chi connectivity index (χ3v) is 5.95. The molecule has 162 valence electrons. The molecular weight excluding hydrogens is 411 g/mol. The van der Waals surface area contributed by atoms with Crippen LogP contribution >= 0.6 is 7.82 Å². The average molecular weight is 438 g/mol. The number of hydrogen-bond donors (Lipinski definition) is 0. The lowest BCUT2D eigenvalue weighted by Gasteiger charge is -2.18. The molecule has 0 heterocycles. The highest BCUT2D eigenvalue weighted by Crippen LogP contribution is 2.50. The van der Waals surface area contributed by atoms with E-state index in [4.69, 9.17) is 13.6 Å². The summed E-state index contributed by atoms with van der Waals surface area (Å²) in [5.74, 6) is -0.136. The summed E-state index contributed by atoms with van der Waals surface area (Å²) >= 11 is 0. The Morgan fingerprint density at radius 2 is 1.10 bits per heavy atom. The van der Waals surface area contributed by atoms with Crippen LogP contribution in [0.4, 0.5) is 0 Å². The highest BCUT2D eigenvalue weighted by atomic mass is 31.2. The summed E-state index contributed by atoms with van der Waals surface area (Å²) < 4.78 is 29.6. The first kappa shape index (κ1) is 23.1. The van der Waals surface area contributed by atoms with Crippen LogP contribution < -0.4 is 0 Å². The monoisotopic (exact) mass is 438 g/mol. The van der Waals surface area contributed by atoms with Crippen molar-refractivity contribution in [2.24, 2.45) is 0 Å². The molecular formula is C25H27O5P. The molecule has 0 aliphatic carbocycles. The van der Waals surface area contributed by atoms with Crippen molar-refractivity contribution in [2.75, 3.05) is 6.61 Å². The van der Waals surface area contributed by atoms with Crippen LogP contribution in [0.25, 0.3) is 0 Å². The van der Waals surface area contributed by atoms with Gasteiger partial charge in [-0.2, -0.15) is 0 Å². The van der Waals surface area contributed by atoms with Crippen LogP contribution in [0.15, 0.2) is 91.0 Å². The molecule has 0 atom stereocenters. The first-order valence-electron chi connectivity index (χ1n) is 10.3. The predicted molar refractivity (Wildman–Crippen MR) is 120 cm³/mol. The Morgan fingerprint density at radius 1 is 0.645 bits per heavy atom. The zero-order valence-corrected chi connectivity index (χ0v) is 18.3. The molecule has 3 aromatic carbocycles. The van der Waals surface area contributed by atoms with Crippen LogP contribution in [0, 0.1) is 0 Å². The van der Waals surface area contributed by atoms with Gasteiger partial charge in [0.2, 0.25) is 0 Å². The van der Waals surface area contributed by atoms with Gasteiger partial charge in [-0.25, -0.2) is 4.57 Å². The maximum absolute atomic E-state index is 13.1. The molecule has 6 heteroatoms. The number of hydrogen-bond acceptors (Lipinski definition) is 5. The first-order chi connectivity index (χ1) is 15.1. The number of phosphoric acid groups is 1. The first-order valence-corrected chi connectivity index (χ1v) is 11.8. The van der Waals surface area contributed by atoms with Crippen molar-refractivity contribution in [1.29, 1.82) is 0 Å². The van der Waals surface area contributed by atoms with Gasteiger partial charge in [0.05, 0.1) is 13.2 Å². The lowest BCUT2D eigenvalue weighted by Crippen LogP contribution is -2.10. The van der Waals surface area contributed by atoms with E-state index in [1.807, 2.05) is 91.0 Å². The average Bonchev–Trinajstić information content (AvgIpc) is 2.82. The fourth-order valence-electron chi connectivity index (χ4n) is 2.93. The van der Waals surface area contributed by atoms with Gasteiger partial charge in [-0.15, -0.1) is 0 Å². The van der Waals surface area contributed by atoms with Gasteiger partial charge in [-0.3, -0.25) is 18.4 Å². The maximum atomic E-state index is 13.1. The molecule has 0 N–H and O–H groups in total. The maximum Gasteiger partial charge on any atom is 0.475 e. The largest absolute Gasteiger partial charge is 0.475 e. The summed E-state index contributed by atoms with van der Waals surface area (Å²) in [5.41, 5.74) is 2.85. The second-order valence-corrected chi connectivity index (χ2v) is 8.79. The summed E-state index contributed by atoms with van der Waals surface area (Å²) in [6.07, 6.45) is 1.85. The Kier molecular flexibility index (Phi) is 9.19. The lowest BCUT2D eigenvalue weighted by atomic mass is 10.1. The van der Waals surface area contributed by atoms with Crippen molar-refractivity contribution in [3.05, 3.63) is 108 Å². The Labute approximate surface area is 183 Å². The van der Waals surface area contributed by atoms with E-state index in [0.717, 1.165) is 17.5 Å². The van der Waals surface area contributed by atoms with Crippen molar-refractivity contribution >= 4 is 13.6 Å². The standard InChI is InChI=1S/C25H27O5P/c26-25(18-10-17-22-11-4-1-5-12-22)21-30-31(27,28-19-23-13-6-2-7-14-23)29-20-24-15-8-3-9-16-24/h1-9,11-16H,10,17-21H2. The third-order valence-electron chi connectivity index (χ3n) is 4.61. The summed E-state index contributed by atoms with van der Waals surface area (Å²) in [6.45, 7) is -0.181. The van der Waals surface area contributed by atoms with E-state index in [1.54, 1.807) is 0 Å². The van der Waals surface area contributed by atoms with Crippen molar-refractivity contribution in [3.8, 4) is 0 Å². The quantitative estimate of drug-likeness (QED) is 0.300. The van der Waals surface area contributed by atoms with Gasteiger partial charge in [0.25, 0.3) is 0 Å². The predicted octanol–water partition coefficient (Wildman–Crippen LogP) is 6.14. The summed E-state index contributed by atoms with van der Waals surface area (Å²) in [5, 5.41) is 0. The van der Waals surface area contributed by atoms with E-state index in [0.29, 0.717) is 12.8 Å². The van der Waals surface area contributed by atoms with Crippen LogP contribution in [-0.2, 0) is 42.6 Å². The molecule has 0 fully saturated rings. The second kappa shape index (κ2) is 12.3. The van der Waals surface area contributed by atoms with E-state index < -0.39 is 7.82 Å². The Balaban J connectivity index is 1.52. The van der Waals surface area contributed by atoms with Crippen LogP contribution in [0.1, 0.15) is 29.5 Å². The highest BCUT2D eigenvalue weighted by Gasteiger charge is 2.28. The van der Waals surface area contributed by atoms with Gasteiger partial charge in [-0.05, 0) is 29.5 Å². The lowest BCUT2D eigenvalue weighted by molar-refractivity contribution is -0.121. The Bertz CT molecular complexity index is 913. The zero-order chi connectivity index (χ0) is 21.8. The number of Topliss-reactive ketones (excluding diaryl/α,β-unsaturated/α-hetero) is 1. The smallest absolute Gasteiger partial charge is 0.297 e. The Morgan fingerprint density at radius 3 is 1.58 bits per heavy atom. The number of aryl methyl sites for hydroxylation is 1. The van der Waals surface area contributed by atoms with Gasteiger partial charge in [0, 0.05) is 6.42 Å². The van der Waals surface area contributed by atoms with Crippen LogP contribution in [0.5, 0.6) is 0 Å². The van der Waals surface area contributed by atoms with Crippen LogP contribution in [0.3, 0.4) is 0 Å². The van der Waals surface area contributed by atoms with Crippen molar-refractivity contribution in [3.63, 3.8) is 0 Å². The van der Waals surface area contributed by atoms with Gasteiger partial charge in [0.15, 0.2) is 5.78 Å². The number of carbonyl (C=O) groups excluding carboxylic acids is 1. The number of rotatable bonds is 13. The zero-order valence-electron chi connectivity index (χ0n) is 17.4. The van der Waals surface area contributed by atoms with E-state index in [-0.39, 0.29) is 25.6 Å². The number of ketones is 1. The fourth-order valence-corrected chi connectivity index (χ4v) is 4.07. The fraction of sp³-hybridized carbons (Fsp3) is 0.240. The molecule has 0 unspecified atom stereocenters. The molecule has 0 radical (unpaired) electrons. The molecule has 0 bridgehead atoms. The van der Waals surface area contributed by atoms with Crippen molar-refractivity contribution in [1.82, 2.24) is 0 Å². The second-order valence-electron chi connectivity index (χ2n) is 7.12. The minimum absolute atomic E-state index is 0.0646. The molecule has 31 heavy (non-hydrogen) atoms.